The number of hydrogen-bond acceptors (Lipinski definition) is 2. The topological polar surface area (TPSA) is 23.5 Å². The molecule has 0 saturated heterocycles. The van der Waals surface area contributed by atoms with Gasteiger partial charge in [0.25, 0.3) is 0 Å². The molecule has 0 aromatic carbocycles. The second-order valence-corrected chi connectivity index (χ2v) is 3.85. The third kappa shape index (κ3) is 2.46. The van der Waals surface area contributed by atoms with Gasteiger partial charge in [0.15, 0.2) is 0 Å². The van der Waals surface area contributed by atoms with E-state index in [1.807, 2.05) is 14.0 Å². The largest absolute Gasteiger partial charge is 0.378 e. The van der Waals surface area contributed by atoms with Gasteiger partial charge in [-0.3, -0.25) is 4.90 Å². The first kappa shape index (κ1) is 10.0. The van der Waals surface area contributed by atoms with Crippen LogP contribution in [0.4, 0.5) is 0 Å². The lowest BCUT2D eigenvalue weighted by Gasteiger charge is -2.34. The highest BCUT2D eigenvalue weighted by atomic mass is 16.3. The van der Waals surface area contributed by atoms with Crippen LogP contribution in [0.1, 0.15) is 45.4 Å². The molecule has 12 heavy (non-hydrogen) atoms. The molecule has 0 amide bonds. The van der Waals surface area contributed by atoms with Gasteiger partial charge >= 0.3 is 0 Å². The summed E-state index contributed by atoms with van der Waals surface area (Å²) in [4.78, 5) is 2.14. The van der Waals surface area contributed by atoms with Gasteiger partial charge in [-0.2, -0.15) is 0 Å². The molecule has 72 valence electrons. The van der Waals surface area contributed by atoms with Crippen LogP contribution in [0, 0.1) is 0 Å². The van der Waals surface area contributed by atoms with Gasteiger partial charge in [-0.15, -0.1) is 0 Å². The average Bonchev–Trinajstić information content (AvgIpc) is 2.17. The molecule has 0 spiro atoms. The molecule has 1 aliphatic carbocycles. The molecule has 0 aromatic rings. The zero-order valence-corrected chi connectivity index (χ0v) is 8.29. The molecule has 0 aromatic heterocycles. The minimum Gasteiger partial charge on any atom is -0.378 e. The minimum atomic E-state index is -0.229. The lowest BCUT2D eigenvalue weighted by atomic mass is 9.94. The van der Waals surface area contributed by atoms with E-state index in [0.29, 0.717) is 6.04 Å². The molecule has 1 unspecified atom stereocenters. The summed E-state index contributed by atoms with van der Waals surface area (Å²) in [6.45, 7) is 2.03. The number of rotatable bonds is 3. The molecule has 1 atom stereocenters. The third-order valence-corrected chi connectivity index (χ3v) is 2.99. The van der Waals surface area contributed by atoms with Crippen LogP contribution in [0.15, 0.2) is 0 Å². The maximum atomic E-state index is 9.60. The van der Waals surface area contributed by atoms with Gasteiger partial charge in [0.2, 0.25) is 0 Å². The van der Waals surface area contributed by atoms with Crippen molar-refractivity contribution in [1.29, 1.82) is 0 Å². The Kier molecular flexibility index (Phi) is 4.02. The average molecular weight is 171 g/mol. The van der Waals surface area contributed by atoms with Crippen LogP contribution >= 0.6 is 0 Å². The van der Waals surface area contributed by atoms with E-state index in [0.717, 1.165) is 6.42 Å². The summed E-state index contributed by atoms with van der Waals surface area (Å²) < 4.78 is 0. The molecular formula is C10H21NO. The second kappa shape index (κ2) is 4.83. The van der Waals surface area contributed by atoms with Gasteiger partial charge in [0, 0.05) is 6.04 Å². The molecule has 0 bridgehead atoms. The Balaban J connectivity index is 2.33. The van der Waals surface area contributed by atoms with E-state index in [4.69, 9.17) is 0 Å². The highest BCUT2D eigenvalue weighted by Crippen LogP contribution is 2.22. The van der Waals surface area contributed by atoms with Crippen molar-refractivity contribution in [2.45, 2.75) is 57.7 Å². The lowest BCUT2D eigenvalue weighted by molar-refractivity contribution is -0.0176. The van der Waals surface area contributed by atoms with E-state index in [-0.39, 0.29) is 6.23 Å². The number of nitrogens with zero attached hydrogens (tertiary/aromatic N) is 1. The Morgan fingerprint density at radius 3 is 2.42 bits per heavy atom. The summed E-state index contributed by atoms with van der Waals surface area (Å²) in [5.74, 6) is 0. The fourth-order valence-electron chi connectivity index (χ4n) is 2.02. The van der Waals surface area contributed by atoms with Crippen molar-refractivity contribution >= 4 is 0 Å². The van der Waals surface area contributed by atoms with Gasteiger partial charge in [-0.05, 0) is 26.3 Å². The van der Waals surface area contributed by atoms with Crippen LogP contribution in [0.2, 0.25) is 0 Å². The molecule has 2 nitrogen and oxygen atoms in total. The van der Waals surface area contributed by atoms with Crippen molar-refractivity contribution in [1.82, 2.24) is 4.90 Å². The first-order chi connectivity index (χ1) is 5.75. The Morgan fingerprint density at radius 1 is 1.33 bits per heavy atom. The van der Waals surface area contributed by atoms with E-state index in [1.165, 1.54) is 32.1 Å². The number of aliphatic hydroxyl groups is 1. The molecule has 1 aliphatic rings. The van der Waals surface area contributed by atoms with Crippen molar-refractivity contribution in [3.63, 3.8) is 0 Å². The van der Waals surface area contributed by atoms with Gasteiger partial charge in [-0.25, -0.2) is 0 Å². The monoisotopic (exact) mass is 171 g/mol. The van der Waals surface area contributed by atoms with Gasteiger partial charge in [0.1, 0.15) is 6.23 Å². The predicted octanol–water partition coefficient (Wildman–Crippen LogP) is 1.98. The Hall–Kier alpha value is -0.0800. The van der Waals surface area contributed by atoms with Crippen LogP contribution in [-0.2, 0) is 0 Å². The summed E-state index contributed by atoms with van der Waals surface area (Å²) in [5, 5.41) is 9.60. The van der Waals surface area contributed by atoms with Crippen molar-refractivity contribution in [3.05, 3.63) is 0 Å². The summed E-state index contributed by atoms with van der Waals surface area (Å²) in [5.41, 5.74) is 0. The van der Waals surface area contributed by atoms with Crippen molar-refractivity contribution < 1.29 is 5.11 Å². The fraction of sp³-hybridized carbons (Fsp3) is 1.00. The Bertz CT molecular complexity index is 121. The minimum absolute atomic E-state index is 0.229. The third-order valence-electron chi connectivity index (χ3n) is 2.99. The SMILES string of the molecule is CCC(O)N(C)C1CCCCC1. The standard InChI is InChI=1S/C10H21NO/c1-3-10(12)11(2)9-7-5-4-6-8-9/h9-10,12H,3-8H2,1-2H3. The highest BCUT2D eigenvalue weighted by molar-refractivity contribution is 4.74. The van der Waals surface area contributed by atoms with Gasteiger partial charge in [-0.1, -0.05) is 26.2 Å². The zero-order valence-electron chi connectivity index (χ0n) is 8.29. The van der Waals surface area contributed by atoms with Crippen LogP contribution in [0.5, 0.6) is 0 Å². The Labute approximate surface area is 75.6 Å². The van der Waals surface area contributed by atoms with Gasteiger partial charge < -0.3 is 5.11 Å². The summed E-state index contributed by atoms with van der Waals surface area (Å²) in [6.07, 6.45) is 7.21. The molecule has 1 fully saturated rings. The first-order valence-electron chi connectivity index (χ1n) is 5.15. The van der Waals surface area contributed by atoms with E-state index in [9.17, 15) is 5.11 Å². The summed E-state index contributed by atoms with van der Waals surface area (Å²) in [6, 6.07) is 0.633. The Morgan fingerprint density at radius 2 is 1.92 bits per heavy atom. The number of aliphatic hydroxyl groups excluding tert-OH is 1. The zero-order chi connectivity index (χ0) is 8.97. The molecular weight excluding hydrogens is 150 g/mol. The van der Waals surface area contributed by atoms with Crippen molar-refractivity contribution in [2.75, 3.05) is 7.05 Å². The smallest absolute Gasteiger partial charge is 0.107 e. The predicted molar refractivity (Wildman–Crippen MR) is 50.9 cm³/mol. The van der Waals surface area contributed by atoms with Crippen LogP contribution in [-0.4, -0.2) is 29.3 Å². The molecule has 0 radical (unpaired) electrons. The quantitative estimate of drug-likeness (QED) is 0.656. The van der Waals surface area contributed by atoms with Crippen molar-refractivity contribution in [2.24, 2.45) is 0 Å². The highest BCUT2D eigenvalue weighted by Gasteiger charge is 2.21. The van der Waals surface area contributed by atoms with Gasteiger partial charge in [0.05, 0.1) is 0 Å². The van der Waals surface area contributed by atoms with Crippen LogP contribution < -0.4 is 0 Å². The first-order valence-corrected chi connectivity index (χ1v) is 5.15. The van der Waals surface area contributed by atoms with E-state index in [1.54, 1.807) is 0 Å². The maximum absolute atomic E-state index is 9.60. The van der Waals surface area contributed by atoms with E-state index >= 15 is 0 Å². The molecule has 1 saturated carbocycles. The summed E-state index contributed by atoms with van der Waals surface area (Å²) >= 11 is 0. The van der Waals surface area contributed by atoms with E-state index < -0.39 is 0 Å². The second-order valence-electron chi connectivity index (χ2n) is 3.85. The van der Waals surface area contributed by atoms with Crippen LogP contribution in [0.25, 0.3) is 0 Å². The molecule has 1 N–H and O–H groups in total. The van der Waals surface area contributed by atoms with Crippen molar-refractivity contribution in [3.8, 4) is 0 Å². The fourth-order valence-corrected chi connectivity index (χ4v) is 2.02. The number of hydrogen-bond donors (Lipinski definition) is 1. The summed E-state index contributed by atoms with van der Waals surface area (Å²) in [7, 11) is 2.05. The molecule has 1 rings (SSSR count). The van der Waals surface area contributed by atoms with E-state index in [2.05, 4.69) is 4.90 Å². The molecule has 0 aliphatic heterocycles. The van der Waals surface area contributed by atoms with Crippen LogP contribution in [0.3, 0.4) is 0 Å². The normalized spacial score (nSPS) is 23.0. The molecule has 0 heterocycles. The lowest BCUT2D eigenvalue weighted by Crippen LogP contribution is -2.40. The maximum Gasteiger partial charge on any atom is 0.107 e. The molecule has 2 heteroatoms.